The molecule has 0 radical (unpaired) electrons. The van der Waals surface area contributed by atoms with E-state index < -0.39 is 6.04 Å². The first-order valence-electron chi connectivity index (χ1n) is 10.1. The van der Waals surface area contributed by atoms with Gasteiger partial charge >= 0.3 is 0 Å². The van der Waals surface area contributed by atoms with Crippen LogP contribution in [0.15, 0.2) is 60.0 Å². The lowest BCUT2D eigenvalue weighted by atomic mass is 10.2. The molecule has 1 atom stereocenters. The highest BCUT2D eigenvalue weighted by Gasteiger charge is 2.26. The number of hydrogen-bond acceptors (Lipinski definition) is 5. The Labute approximate surface area is 184 Å². The molecular weight excluding hydrogens is 414 g/mol. The minimum Gasteiger partial charge on any atom is -0.340 e. The molecule has 1 unspecified atom stereocenters. The number of carbonyl (C=O) groups is 2. The third-order valence-corrected chi connectivity index (χ3v) is 7.23. The molecule has 5 nitrogen and oxygen atoms in total. The molecule has 3 heterocycles. The fourth-order valence-electron chi connectivity index (χ4n) is 3.58. The van der Waals surface area contributed by atoms with Crippen molar-refractivity contribution in [1.82, 2.24) is 15.1 Å². The zero-order chi connectivity index (χ0) is 20.9. The molecule has 1 N–H and O–H groups in total. The number of amides is 2. The molecule has 0 spiro atoms. The number of piperazine rings is 1. The van der Waals surface area contributed by atoms with Crippen molar-refractivity contribution in [2.45, 2.75) is 19.5 Å². The molecule has 0 bridgehead atoms. The molecule has 1 aromatic carbocycles. The number of nitrogens with one attached hydrogen (secondary N) is 1. The maximum Gasteiger partial charge on any atom is 0.261 e. The summed E-state index contributed by atoms with van der Waals surface area (Å²) in [4.78, 5) is 32.4. The van der Waals surface area contributed by atoms with Crippen molar-refractivity contribution in [2.24, 2.45) is 0 Å². The smallest absolute Gasteiger partial charge is 0.261 e. The van der Waals surface area contributed by atoms with Crippen LogP contribution in [0, 0.1) is 0 Å². The molecule has 0 aliphatic carbocycles. The van der Waals surface area contributed by atoms with Crippen LogP contribution < -0.4 is 5.32 Å². The highest BCUT2D eigenvalue weighted by atomic mass is 32.1. The minimum atomic E-state index is -0.517. The van der Waals surface area contributed by atoms with Gasteiger partial charge in [-0.05, 0) is 36.1 Å². The van der Waals surface area contributed by atoms with Crippen molar-refractivity contribution in [3.05, 3.63) is 69.7 Å². The van der Waals surface area contributed by atoms with Gasteiger partial charge in [-0.3, -0.25) is 14.5 Å². The van der Waals surface area contributed by atoms with Crippen LogP contribution in [0.2, 0.25) is 0 Å². The van der Waals surface area contributed by atoms with E-state index in [-0.39, 0.29) is 11.8 Å². The van der Waals surface area contributed by atoms with Crippen molar-refractivity contribution in [2.75, 3.05) is 26.2 Å². The average Bonchev–Trinajstić information content (AvgIpc) is 3.47. The Morgan fingerprint density at radius 1 is 1.00 bits per heavy atom. The molecule has 1 aliphatic heterocycles. The summed E-state index contributed by atoms with van der Waals surface area (Å²) in [6.45, 7) is 5.73. The van der Waals surface area contributed by atoms with E-state index in [2.05, 4.69) is 46.6 Å². The van der Waals surface area contributed by atoms with Crippen LogP contribution >= 0.6 is 22.7 Å². The molecule has 7 heteroatoms. The van der Waals surface area contributed by atoms with Crippen molar-refractivity contribution >= 4 is 34.5 Å². The first-order valence-corrected chi connectivity index (χ1v) is 11.8. The number of thiophene rings is 2. The van der Waals surface area contributed by atoms with Crippen LogP contribution in [0.4, 0.5) is 0 Å². The van der Waals surface area contributed by atoms with Gasteiger partial charge in [0.1, 0.15) is 6.04 Å². The van der Waals surface area contributed by atoms with E-state index in [1.165, 1.54) is 26.7 Å². The highest BCUT2D eigenvalue weighted by Crippen LogP contribution is 2.28. The molecule has 156 valence electrons. The first-order chi connectivity index (χ1) is 14.6. The van der Waals surface area contributed by atoms with Gasteiger partial charge in [-0.15, -0.1) is 22.7 Å². The number of hydrogen-bond donors (Lipinski definition) is 1. The second kappa shape index (κ2) is 9.55. The lowest BCUT2D eigenvalue weighted by molar-refractivity contribution is -0.134. The molecule has 4 rings (SSSR count). The van der Waals surface area contributed by atoms with Crippen molar-refractivity contribution in [3.8, 4) is 10.4 Å². The van der Waals surface area contributed by atoms with Gasteiger partial charge in [-0.2, -0.15) is 0 Å². The predicted octanol–water partition coefficient (Wildman–Crippen LogP) is 3.94. The summed E-state index contributed by atoms with van der Waals surface area (Å²) in [5, 5.41) is 4.68. The number of carbonyl (C=O) groups excluding carboxylic acids is 2. The lowest BCUT2D eigenvalue weighted by Crippen LogP contribution is -2.53. The monoisotopic (exact) mass is 439 g/mol. The van der Waals surface area contributed by atoms with Gasteiger partial charge in [0.15, 0.2) is 0 Å². The molecule has 2 amide bonds. The van der Waals surface area contributed by atoms with Gasteiger partial charge in [-0.1, -0.05) is 36.4 Å². The van der Waals surface area contributed by atoms with Crippen molar-refractivity contribution in [1.29, 1.82) is 0 Å². The Morgan fingerprint density at radius 2 is 1.77 bits per heavy atom. The maximum atomic E-state index is 12.7. The standard InChI is InChI=1S/C23H25N3O2S2/c1-17(24-22(27)21-8-5-15-29-21)23(28)26-13-11-25(12-14-26)16-19-9-10-20(30-19)18-6-3-2-4-7-18/h2-10,15,17H,11-14,16H2,1H3,(H,24,27). The fourth-order valence-corrected chi connectivity index (χ4v) is 5.26. The Hall–Kier alpha value is -2.48. The molecule has 1 aliphatic rings. The maximum absolute atomic E-state index is 12.7. The Balaban J connectivity index is 1.26. The Morgan fingerprint density at radius 3 is 2.47 bits per heavy atom. The van der Waals surface area contributed by atoms with Crippen LogP contribution in [0.5, 0.6) is 0 Å². The van der Waals surface area contributed by atoms with Crippen LogP contribution in [0.25, 0.3) is 10.4 Å². The lowest BCUT2D eigenvalue weighted by Gasteiger charge is -2.35. The van der Waals surface area contributed by atoms with E-state index in [4.69, 9.17) is 0 Å². The summed E-state index contributed by atoms with van der Waals surface area (Å²) in [6, 6.07) is 17.9. The van der Waals surface area contributed by atoms with E-state index in [1.807, 2.05) is 33.7 Å². The van der Waals surface area contributed by atoms with Crippen LogP contribution in [0.1, 0.15) is 21.5 Å². The number of benzene rings is 1. The second-order valence-electron chi connectivity index (χ2n) is 7.41. The van der Waals surface area contributed by atoms with Gasteiger partial charge in [0.25, 0.3) is 5.91 Å². The largest absolute Gasteiger partial charge is 0.340 e. The second-order valence-corrected chi connectivity index (χ2v) is 9.52. The van der Waals surface area contributed by atoms with Gasteiger partial charge < -0.3 is 10.2 Å². The summed E-state index contributed by atoms with van der Waals surface area (Å²) in [5.74, 6) is -0.196. The zero-order valence-corrected chi connectivity index (χ0v) is 18.5. The molecule has 3 aromatic rings. The normalized spacial score (nSPS) is 15.7. The van der Waals surface area contributed by atoms with Gasteiger partial charge in [0.2, 0.25) is 5.91 Å². The van der Waals surface area contributed by atoms with Crippen molar-refractivity contribution < 1.29 is 9.59 Å². The van der Waals surface area contributed by atoms with Gasteiger partial charge in [-0.25, -0.2) is 0 Å². The average molecular weight is 440 g/mol. The summed E-state index contributed by atoms with van der Waals surface area (Å²) >= 11 is 3.21. The fraction of sp³-hybridized carbons (Fsp3) is 0.304. The molecule has 0 saturated carbocycles. The summed E-state index contributed by atoms with van der Waals surface area (Å²) < 4.78 is 0. The quantitative estimate of drug-likeness (QED) is 0.633. The van der Waals surface area contributed by atoms with Crippen LogP contribution in [-0.4, -0.2) is 53.8 Å². The SMILES string of the molecule is CC(NC(=O)c1cccs1)C(=O)N1CCN(Cc2ccc(-c3ccccc3)s2)CC1. The van der Waals surface area contributed by atoms with Gasteiger partial charge in [0.05, 0.1) is 4.88 Å². The molecule has 1 saturated heterocycles. The first kappa shape index (κ1) is 20.8. The topological polar surface area (TPSA) is 52.7 Å². The molecule has 2 aromatic heterocycles. The van der Waals surface area contributed by atoms with E-state index in [0.29, 0.717) is 18.0 Å². The predicted molar refractivity (Wildman–Crippen MR) is 123 cm³/mol. The molecule has 30 heavy (non-hydrogen) atoms. The van der Waals surface area contributed by atoms with E-state index >= 15 is 0 Å². The van der Waals surface area contributed by atoms with E-state index in [9.17, 15) is 9.59 Å². The number of nitrogens with zero attached hydrogens (tertiary/aromatic N) is 2. The zero-order valence-electron chi connectivity index (χ0n) is 16.9. The number of rotatable bonds is 6. The summed E-state index contributed by atoms with van der Waals surface area (Å²) in [5.41, 5.74) is 1.25. The van der Waals surface area contributed by atoms with Gasteiger partial charge in [0, 0.05) is 42.5 Å². The highest BCUT2D eigenvalue weighted by molar-refractivity contribution is 7.15. The molecular formula is C23H25N3O2S2. The Bertz CT molecular complexity index is 977. The van der Waals surface area contributed by atoms with E-state index in [1.54, 1.807) is 13.0 Å². The van der Waals surface area contributed by atoms with Crippen molar-refractivity contribution in [3.63, 3.8) is 0 Å². The van der Waals surface area contributed by atoms with E-state index in [0.717, 1.165) is 19.6 Å². The van der Waals surface area contributed by atoms with Crippen LogP contribution in [0.3, 0.4) is 0 Å². The Kier molecular flexibility index (Phi) is 6.62. The third kappa shape index (κ3) is 4.98. The summed E-state index contributed by atoms with van der Waals surface area (Å²) in [7, 11) is 0. The minimum absolute atomic E-state index is 0.0120. The van der Waals surface area contributed by atoms with Crippen LogP contribution in [-0.2, 0) is 11.3 Å². The third-order valence-electron chi connectivity index (χ3n) is 5.25. The molecule has 1 fully saturated rings. The summed E-state index contributed by atoms with van der Waals surface area (Å²) in [6.07, 6.45) is 0.